The summed E-state index contributed by atoms with van der Waals surface area (Å²) in [7, 11) is 1.44. The minimum Gasteiger partial charge on any atom is -0.508 e. The second kappa shape index (κ2) is 10.5. The lowest BCUT2D eigenvalue weighted by molar-refractivity contribution is -0.385. The number of nitro benzene ring substituents is 1. The molecule has 0 amide bonds. The predicted octanol–water partition coefficient (Wildman–Crippen LogP) is 3.54. The molecule has 0 radical (unpaired) electrons. The quantitative estimate of drug-likeness (QED) is 0.214. The number of hydrogen-bond acceptors (Lipinski definition) is 7. The molecule has 2 rings (SSSR count). The van der Waals surface area contributed by atoms with Gasteiger partial charge in [-0.25, -0.2) is 0 Å². The fraction of sp³-hybridized carbons (Fsp3) is 0.143. The zero-order chi connectivity index (χ0) is 21.2. The number of methoxy groups -OCH3 is 1. The third-order valence-corrected chi connectivity index (χ3v) is 3.69. The molecular weight excluding hydrogens is 378 g/mol. The number of nitrogens with zero attached hydrogens (tertiary/aromatic N) is 1. The van der Waals surface area contributed by atoms with E-state index in [2.05, 4.69) is 0 Å². The van der Waals surface area contributed by atoms with Crippen molar-refractivity contribution in [1.29, 1.82) is 0 Å². The highest BCUT2D eigenvalue weighted by Crippen LogP contribution is 2.25. The number of ketones is 2. The zero-order valence-corrected chi connectivity index (χ0v) is 15.6. The summed E-state index contributed by atoms with van der Waals surface area (Å²) in [5, 5.41) is 20.4. The molecule has 0 atom stereocenters. The van der Waals surface area contributed by atoms with Crippen LogP contribution in [0.15, 0.2) is 54.6 Å². The van der Waals surface area contributed by atoms with Crippen LogP contribution in [0.2, 0.25) is 0 Å². The van der Waals surface area contributed by atoms with E-state index in [1.807, 2.05) is 0 Å². The topological polar surface area (TPSA) is 116 Å². The average Bonchev–Trinajstić information content (AvgIpc) is 2.70. The summed E-state index contributed by atoms with van der Waals surface area (Å²) in [6, 6.07) is 10.3. The number of allylic oxidation sites excluding steroid dienone is 2. The predicted molar refractivity (Wildman–Crippen MR) is 106 cm³/mol. The summed E-state index contributed by atoms with van der Waals surface area (Å²) in [6.45, 7) is -0.0260. The van der Waals surface area contributed by atoms with Crippen LogP contribution in [0.3, 0.4) is 0 Å². The Balaban J connectivity index is 2.04. The molecule has 0 aliphatic rings. The van der Waals surface area contributed by atoms with Crippen LogP contribution < -0.4 is 4.74 Å². The standard InChI is InChI=1S/C21H19NO7/c1-28-14-29-20-10-11-21(22(26)27)16(12-20)5-9-19(25)13-18(24)8-4-15-2-6-17(23)7-3-15/h2-12,23H,13-14H2,1H3/b8-4+,9-5+. The number of benzene rings is 2. The van der Waals surface area contributed by atoms with E-state index in [-0.39, 0.29) is 30.2 Å². The molecule has 1 N–H and O–H groups in total. The summed E-state index contributed by atoms with van der Waals surface area (Å²) in [6.07, 6.45) is 4.81. The first kappa shape index (κ1) is 21.5. The fourth-order valence-electron chi connectivity index (χ4n) is 2.30. The van der Waals surface area contributed by atoms with E-state index in [4.69, 9.17) is 9.47 Å². The monoisotopic (exact) mass is 397 g/mol. The molecule has 8 heteroatoms. The van der Waals surface area contributed by atoms with Crippen molar-refractivity contribution >= 4 is 29.4 Å². The van der Waals surface area contributed by atoms with E-state index >= 15 is 0 Å². The van der Waals surface area contributed by atoms with Crippen LogP contribution in [-0.2, 0) is 14.3 Å². The van der Waals surface area contributed by atoms with E-state index in [9.17, 15) is 24.8 Å². The van der Waals surface area contributed by atoms with Crippen molar-refractivity contribution in [2.75, 3.05) is 13.9 Å². The molecule has 0 aliphatic heterocycles. The molecule has 0 heterocycles. The van der Waals surface area contributed by atoms with Gasteiger partial charge in [-0.1, -0.05) is 18.2 Å². The van der Waals surface area contributed by atoms with Crippen molar-refractivity contribution < 1.29 is 29.1 Å². The van der Waals surface area contributed by atoms with E-state index in [0.717, 1.165) is 6.08 Å². The summed E-state index contributed by atoms with van der Waals surface area (Å²) in [4.78, 5) is 34.5. The number of nitro groups is 1. The highest BCUT2D eigenvalue weighted by Gasteiger charge is 2.13. The number of aromatic hydroxyl groups is 1. The van der Waals surface area contributed by atoms with Crippen molar-refractivity contribution in [3.05, 3.63) is 75.9 Å². The SMILES string of the molecule is COCOc1ccc([N+](=O)[O-])c(/C=C/C(=O)CC(=O)/C=C/c2ccc(O)cc2)c1. The van der Waals surface area contributed by atoms with Crippen molar-refractivity contribution in [2.24, 2.45) is 0 Å². The summed E-state index contributed by atoms with van der Waals surface area (Å²) in [5.41, 5.74) is 0.670. The van der Waals surface area contributed by atoms with E-state index in [0.29, 0.717) is 11.3 Å². The Morgan fingerprint density at radius 1 is 1.07 bits per heavy atom. The number of rotatable bonds is 10. The Labute approximate surface area is 166 Å². The van der Waals surface area contributed by atoms with Crippen molar-refractivity contribution in [1.82, 2.24) is 0 Å². The smallest absolute Gasteiger partial charge is 0.276 e. The van der Waals surface area contributed by atoms with Crippen LogP contribution in [-0.4, -0.2) is 35.5 Å². The Bertz CT molecular complexity index is 946. The largest absolute Gasteiger partial charge is 0.508 e. The van der Waals surface area contributed by atoms with Gasteiger partial charge < -0.3 is 14.6 Å². The third kappa shape index (κ3) is 7.04. The maximum Gasteiger partial charge on any atom is 0.276 e. The second-order valence-corrected chi connectivity index (χ2v) is 5.90. The van der Waals surface area contributed by atoms with E-state index in [1.54, 1.807) is 12.1 Å². The molecule has 0 saturated carbocycles. The number of ether oxygens (including phenoxy) is 2. The first-order chi connectivity index (χ1) is 13.9. The molecule has 0 aromatic heterocycles. The molecule has 0 bridgehead atoms. The molecule has 0 spiro atoms. The number of carbonyl (C=O) groups is 2. The van der Waals surface area contributed by atoms with Crippen LogP contribution >= 0.6 is 0 Å². The Hall–Kier alpha value is -3.78. The van der Waals surface area contributed by atoms with Crippen LogP contribution in [0.4, 0.5) is 5.69 Å². The summed E-state index contributed by atoms with van der Waals surface area (Å²) >= 11 is 0. The lowest BCUT2D eigenvalue weighted by Crippen LogP contribution is -2.02. The Morgan fingerprint density at radius 3 is 2.34 bits per heavy atom. The third-order valence-electron chi connectivity index (χ3n) is 3.69. The van der Waals surface area contributed by atoms with Gasteiger partial charge in [0.25, 0.3) is 5.69 Å². The molecule has 0 aliphatic carbocycles. The summed E-state index contributed by atoms with van der Waals surface area (Å²) < 4.78 is 10.0. The molecule has 2 aromatic carbocycles. The molecule has 0 unspecified atom stereocenters. The fourth-order valence-corrected chi connectivity index (χ4v) is 2.30. The minimum atomic E-state index is -0.574. The number of phenols is 1. The van der Waals surface area contributed by atoms with Gasteiger partial charge in [-0.2, -0.15) is 0 Å². The van der Waals surface area contributed by atoms with Gasteiger partial charge in [-0.15, -0.1) is 0 Å². The second-order valence-electron chi connectivity index (χ2n) is 5.90. The van der Waals surface area contributed by atoms with Crippen molar-refractivity contribution in [3.8, 4) is 11.5 Å². The summed E-state index contributed by atoms with van der Waals surface area (Å²) in [5.74, 6) is -0.459. The van der Waals surface area contributed by atoms with Gasteiger partial charge in [-0.05, 0) is 48.1 Å². The molecule has 2 aromatic rings. The van der Waals surface area contributed by atoms with Crippen molar-refractivity contribution in [2.45, 2.75) is 6.42 Å². The van der Waals surface area contributed by atoms with Gasteiger partial charge in [0.1, 0.15) is 11.5 Å². The van der Waals surface area contributed by atoms with Crippen molar-refractivity contribution in [3.63, 3.8) is 0 Å². The number of hydrogen-bond donors (Lipinski definition) is 1. The first-order valence-corrected chi connectivity index (χ1v) is 8.50. The number of phenolic OH excluding ortho intramolecular Hbond substituents is 1. The van der Waals surface area contributed by atoms with Gasteiger partial charge in [0, 0.05) is 13.2 Å². The van der Waals surface area contributed by atoms with Gasteiger partial charge >= 0.3 is 0 Å². The van der Waals surface area contributed by atoms with Crippen LogP contribution in [0.25, 0.3) is 12.2 Å². The minimum absolute atomic E-state index is 0.0260. The van der Waals surface area contributed by atoms with E-state index < -0.39 is 16.5 Å². The highest BCUT2D eigenvalue weighted by molar-refractivity contribution is 6.11. The number of carbonyl (C=O) groups excluding carboxylic acids is 2. The Kier molecular flexibility index (Phi) is 7.81. The molecule has 29 heavy (non-hydrogen) atoms. The molecule has 0 fully saturated rings. The maximum absolute atomic E-state index is 12.0. The Morgan fingerprint density at radius 2 is 1.72 bits per heavy atom. The van der Waals surface area contributed by atoms with Gasteiger partial charge in [0.15, 0.2) is 18.4 Å². The van der Waals surface area contributed by atoms with Gasteiger partial charge in [0.05, 0.1) is 16.9 Å². The van der Waals surface area contributed by atoms with Crippen LogP contribution in [0.5, 0.6) is 11.5 Å². The normalized spacial score (nSPS) is 11.1. The lowest BCUT2D eigenvalue weighted by atomic mass is 10.1. The van der Waals surface area contributed by atoms with Crippen LogP contribution in [0, 0.1) is 10.1 Å². The van der Waals surface area contributed by atoms with E-state index in [1.165, 1.54) is 55.7 Å². The van der Waals surface area contributed by atoms with Gasteiger partial charge in [0.2, 0.25) is 0 Å². The lowest BCUT2D eigenvalue weighted by Gasteiger charge is -2.05. The molecular formula is C21H19NO7. The van der Waals surface area contributed by atoms with Crippen LogP contribution in [0.1, 0.15) is 17.5 Å². The molecule has 0 saturated heterocycles. The average molecular weight is 397 g/mol. The zero-order valence-electron chi connectivity index (χ0n) is 15.6. The molecule has 150 valence electrons. The first-order valence-electron chi connectivity index (χ1n) is 8.50. The maximum atomic E-state index is 12.0. The molecule has 8 nitrogen and oxygen atoms in total. The highest BCUT2D eigenvalue weighted by atomic mass is 16.7. The van der Waals surface area contributed by atoms with Gasteiger partial charge in [-0.3, -0.25) is 19.7 Å².